The van der Waals surface area contributed by atoms with E-state index < -0.39 is 0 Å². The Hall–Kier alpha value is -1.04. The van der Waals surface area contributed by atoms with Gasteiger partial charge in [-0.2, -0.15) is 0 Å². The first kappa shape index (κ1) is 23.0. The lowest BCUT2D eigenvalue weighted by Crippen LogP contribution is -1.83. The Balaban J connectivity index is 2.18. The van der Waals surface area contributed by atoms with E-state index in [0.29, 0.717) is 0 Å². The Morgan fingerprint density at radius 2 is 0.462 bits per heavy atom. The second-order valence-corrected chi connectivity index (χ2v) is 7.86. The fraction of sp³-hybridized carbons (Fsp3) is 0.692. The van der Waals surface area contributed by atoms with Crippen molar-refractivity contribution in [3.05, 3.63) is 48.6 Å². The van der Waals surface area contributed by atoms with Crippen molar-refractivity contribution in [2.45, 2.75) is 116 Å². The van der Waals surface area contributed by atoms with Crippen LogP contribution in [0.25, 0.3) is 0 Å². The number of hydrogen-bond donors (Lipinski definition) is 0. The molecule has 0 aromatic heterocycles. The molecule has 0 spiro atoms. The molecule has 0 aromatic carbocycles. The van der Waals surface area contributed by atoms with E-state index in [0.717, 1.165) is 0 Å². The van der Waals surface area contributed by atoms with Crippen LogP contribution in [-0.4, -0.2) is 0 Å². The minimum atomic E-state index is 1.23. The smallest absolute Gasteiger partial charge is 0.0348 e. The molecule has 0 bridgehead atoms. The Morgan fingerprint density at radius 3 is 0.769 bits per heavy atom. The molecule has 148 valence electrons. The molecule has 0 fully saturated rings. The van der Waals surface area contributed by atoms with Gasteiger partial charge in [-0.05, 0) is 25.7 Å². The molecule has 0 amide bonds. The van der Waals surface area contributed by atoms with Crippen molar-refractivity contribution in [3.8, 4) is 0 Å². The molecule has 0 N–H and O–H groups in total. The molecule has 0 saturated heterocycles. The number of rotatable bonds is 0. The molecule has 0 radical (unpaired) electrons. The molecule has 0 aliphatic heterocycles. The van der Waals surface area contributed by atoms with Gasteiger partial charge >= 0.3 is 0 Å². The molecule has 0 heteroatoms. The molecule has 0 nitrogen and oxygen atoms in total. The SMILES string of the molecule is C1=CCCCCCCCCCCCCCCCCCC\C=C/C=C\C=C/1. The van der Waals surface area contributed by atoms with Gasteiger partial charge in [0.15, 0.2) is 0 Å². The van der Waals surface area contributed by atoms with E-state index in [2.05, 4.69) is 48.6 Å². The van der Waals surface area contributed by atoms with Crippen molar-refractivity contribution in [1.29, 1.82) is 0 Å². The molecule has 0 heterocycles. The van der Waals surface area contributed by atoms with Gasteiger partial charge in [-0.3, -0.25) is 0 Å². The van der Waals surface area contributed by atoms with E-state index in [4.69, 9.17) is 0 Å². The highest BCUT2D eigenvalue weighted by atomic mass is 14.0. The van der Waals surface area contributed by atoms with Crippen LogP contribution in [0.5, 0.6) is 0 Å². The van der Waals surface area contributed by atoms with Crippen molar-refractivity contribution < 1.29 is 0 Å². The van der Waals surface area contributed by atoms with E-state index in [9.17, 15) is 0 Å². The van der Waals surface area contributed by atoms with Gasteiger partial charge in [0.25, 0.3) is 0 Å². The van der Waals surface area contributed by atoms with Gasteiger partial charge in [-0.15, -0.1) is 0 Å². The van der Waals surface area contributed by atoms with Crippen LogP contribution in [0.3, 0.4) is 0 Å². The molecule has 26 heavy (non-hydrogen) atoms. The highest BCUT2D eigenvalue weighted by Crippen LogP contribution is 2.14. The molecule has 1 rings (SSSR count). The predicted molar refractivity (Wildman–Crippen MR) is 120 cm³/mol. The molecular weight excluding hydrogens is 312 g/mol. The van der Waals surface area contributed by atoms with Gasteiger partial charge in [0.2, 0.25) is 0 Å². The van der Waals surface area contributed by atoms with E-state index >= 15 is 0 Å². The topological polar surface area (TPSA) is 0 Å². The Bertz CT molecular complexity index is 345. The Kier molecular flexibility index (Phi) is 17.9. The summed E-state index contributed by atoms with van der Waals surface area (Å²) >= 11 is 0. The summed E-state index contributed by atoms with van der Waals surface area (Å²) in [7, 11) is 0. The lowest BCUT2D eigenvalue weighted by molar-refractivity contribution is 0.528. The molecule has 1 aliphatic carbocycles. The third-order valence-corrected chi connectivity index (χ3v) is 5.32. The van der Waals surface area contributed by atoms with Crippen LogP contribution in [0, 0.1) is 0 Å². The highest BCUT2D eigenvalue weighted by molar-refractivity contribution is 5.15. The second kappa shape index (κ2) is 20.3. The van der Waals surface area contributed by atoms with Crippen LogP contribution in [0.1, 0.15) is 116 Å². The van der Waals surface area contributed by atoms with Crippen LogP contribution in [0.15, 0.2) is 48.6 Å². The van der Waals surface area contributed by atoms with Crippen LogP contribution in [-0.2, 0) is 0 Å². The number of allylic oxidation sites excluding steroid dienone is 8. The normalized spacial score (nSPS) is 25.2. The fourth-order valence-electron chi connectivity index (χ4n) is 3.61. The maximum atomic E-state index is 2.31. The standard InChI is InChI=1S/C26H44/c1-2-4-6-8-10-12-14-16-18-20-22-24-26-25-23-21-19-17-15-13-11-9-7-5-3-1/h1-8H,9-26H2/b3-1-,4-2-,7-5-,8-6?. The molecule has 0 aromatic rings. The summed E-state index contributed by atoms with van der Waals surface area (Å²) in [5, 5.41) is 0. The average Bonchev–Trinajstić information content (AvgIpc) is 2.65. The summed E-state index contributed by atoms with van der Waals surface area (Å²) < 4.78 is 0. The highest BCUT2D eigenvalue weighted by Gasteiger charge is 1.94. The zero-order valence-corrected chi connectivity index (χ0v) is 17.3. The minimum absolute atomic E-state index is 1.23. The summed E-state index contributed by atoms with van der Waals surface area (Å²) in [6.45, 7) is 0. The van der Waals surface area contributed by atoms with Crippen LogP contribution in [0.4, 0.5) is 0 Å². The molecule has 0 unspecified atom stereocenters. The molecule has 0 atom stereocenters. The third-order valence-electron chi connectivity index (χ3n) is 5.32. The average molecular weight is 357 g/mol. The Labute approximate surface area is 164 Å². The summed E-state index contributed by atoms with van der Waals surface area (Å²) in [6, 6.07) is 0. The van der Waals surface area contributed by atoms with Gasteiger partial charge in [-0.1, -0.05) is 138 Å². The zero-order chi connectivity index (χ0) is 18.4. The van der Waals surface area contributed by atoms with E-state index in [-0.39, 0.29) is 0 Å². The first-order valence-electron chi connectivity index (χ1n) is 11.6. The molecular formula is C26H44. The van der Waals surface area contributed by atoms with Crippen molar-refractivity contribution in [1.82, 2.24) is 0 Å². The summed E-state index contributed by atoms with van der Waals surface area (Å²) in [5.74, 6) is 0. The van der Waals surface area contributed by atoms with Crippen LogP contribution >= 0.6 is 0 Å². The van der Waals surface area contributed by atoms with Gasteiger partial charge in [-0.25, -0.2) is 0 Å². The zero-order valence-electron chi connectivity index (χ0n) is 17.3. The van der Waals surface area contributed by atoms with Crippen molar-refractivity contribution in [2.75, 3.05) is 0 Å². The third kappa shape index (κ3) is 17.8. The number of hydrogen-bond acceptors (Lipinski definition) is 0. The fourth-order valence-corrected chi connectivity index (χ4v) is 3.61. The summed E-state index contributed by atoms with van der Waals surface area (Å²) in [4.78, 5) is 0. The lowest BCUT2D eigenvalue weighted by atomic mass is 10.0. The minimum Gasteiger partial charge on any atom is -0.0845 e. The van der Waals surface area contributed by atoms with Crippen molar-refractivity contribution in [3.63, 3.8) is 0 Å². The van der Waals surface area contributed by atoms with Crippen LogP contribution < -0.4 is 0 Å². The van der Waals surface area contributed by atoms with Gasteiger partial charge in [0.1, 0.15) is 0 Å². The van der Waals surface area contributed by atoms with Gasteiger partial charge < -0.3 is 0 Å². The quantitative estimate of drug-likeness (QED) is 0.405. The van der Waals surface area contributed by atoms with E-state index in [1.54, 1.807) is 0 Å². The van der Waals surface area contributed by atoms with Crippen molar-refractivity contribution >= 4 is 0 Å². The second-order valence-electron chi connectivity index (χ2n) is 7.86. The van der Waals surface area contributed by atoms with Crippen LogP contribution in [0.2, 0.25) is 0 Å². The maximum Gasteiger partial charge on any atom is -0.0348 e. The maximum absolute atomic E-state index is 2.31. The van der Waals surface area contributed by atoms with Crippen molar-refractivity contribution in [2.24, 2.45) is 0 Å². The summed E-state index contributed by atoms with van der Waals surface area (Å²) in [5.41, 5.74) is 0. The Morgan fingerprint density at radius 1 is 0.231 bits per heavy atom. The van der Waals surface area contributed by atoms with E-state index in [1.165, 1.54) is 116 Å². The molecule has 0 saturated carbocycles. The molecule has 1 aliphatic rings. The first-order valence-corrected chi connectivity index (χ1v) is 11.6. The first-order chi connectivity index (χ1) is 13.0. The summed E-state index contributed by atoms with van der Waals surface area (Å²) in [6.07, 6.45) is 43.0. The lowest BCUT2D eigenvalue weighted by Gasteiger charge is -2.03. The predicted octanol–water partition coefficient (Wildman–Crippen LogP) is 9.25. The van der Waals surface area contributed by atoms with E-state index in [1.807, 2.05) is 0 Å². The van der Waals surface area contributed by atoms with Gasteiger partial charge in [0, 0.05) is 0 Å². The largest absolute Gasteiger partial charge is 0.0845 e. The van der Waals surface area contributed by atoms with Gasteiger partial charge in [0.05, 0.1) is 0 Å². The monoisotopic (exact) mass is 356 g/mol.